The highest BCUT2D eigenvalue weighted by molar-refractivity contribution is 14.2. The molecule has 2 N–H and O–H groups in total. The first-order valence-corrected chi connectivity index (χ1v) is 15.2. The van der Waals surface area contributed by atoms with E-state index in [2.05, 4.69) is 42.8 Å². The second-order valence-electron chi connectivity index (χ2n) is 6.48. The molecule has 0 radical (unpaired) electrons. The molecule has 7 nitrogen and oxygen atoms in total. The molecular weight excluding hydrogens is 596 g/mol. The molecule has 1 aliphatic heterocycles. The van der Waals surface area contributed by atoms with Crippen molar-refractivity contribution in [2.24, 2.45) is 7.05 Å². The second kappa shape index (κ2) is 13.3. The Morgan fingerprint density at radius 1 is 1.24 bits per heavy atom. The molecule has 4 rings (SSSR count). The third-order valence-corrected chi connectivity index (χ3v) is 7.03. The van der Waals surface area contributed by atoms with Crippen LogP contribution in [0.2, 0.25) is 5.15 Å². The van der Waals surface area contributed by atoms with Gasteiger partial charge in [0.15, 0.2) is 12.0 Å². The van der Waals surface area contributed by atoms with Crippen molar-refractivity contribution in [2.75, 3.05) is 22.4 Å². The van der Waals surface area contributed by atoms with Crippen LogP contribution in [0.25, 0.3) is 11.1 Å². The molecule has 34 heavy (non-hydrogen) atoms. The van der Waals surface area contributed by atoms with Crippen LogP contribution >= 0.6 is 40.0 Å². The fourth-order valence-electron chi connectivity index (χ4n) is 3.32. The number of nitrogens with one attached hydrogen (secondary N) is 2. The van der Waals surface area contributed by atoms with E-state index in [1.54, 1.807) is 24.1 Å². The van der Waals surface area contributed by atoms with Crippen LogP contribution in [0.4, 0.5) is 31.7 Å². The minimum atomic E-state index is -2.59. The number of hydrogen-bond donors (Lipinski definition) is 2. The van der Waals surface area contributed by atoms with Gasteiger partial charge in [0, 0.05) is 36.8 Å². The normalized spacial score (nSPS) is 14.2. The number of methoxy groups -OCH3 is 1. The highest BCUT2D eigenvalue weighted by Crippen LogP contribution is 2.49. The molecule has 12 heteroatoms. The topological polar surface area (TPSA) is 67.2 Å². The van der Waals surface area contributed by atoms with Crippen LogP contribution in [0.5, 0.6) is 5.75 Å². The molecule has 0 amide bonds. The van der Waals surface area contributed by atoms with Gasteiger partial charge in [0.25, 0.3) is 6.43 Å². The predicted molar refractivity (Wildman–Crippen MR) is 149 cm³/mol. The number of aryl methyl sites for hydroxylation is 1. The van der Waals surface area contributed by atoms with Crippen LogP contribution in [0.3, 0.4) is 0 Å². The Morgan fingerprint density at radius 2 is 1.94 bits per heavy atom. The Morgan fingerprint density at radius 3 is 2.50 bits per heavy atom. The van der Waals surface area contributed by atoms with Crippen LogP contribution in [0, 0.1) is 0 Å². The Balaban J connectivity index is 0.000000970. The fourth-order valence-corrected chi connectivity index (χ4v) is 5.62. The predicted octanol–water partition coefficient (Wildman–Crippen LogP) is 7.71. The van der Waals surface area contributed by atoms with Crippen LogP contribution in [0.1, 0.15) is 27.7 Å². The number of hydrogen-bond acceptors (Lipinski definition) is 6. The molecule has 2 unspecified atom stereocenters. The quantitative estimate of drug-likeness (QED) is 0.166. The number of benzene rings is 1. The number of nitrogens with zero attached hydrogens (tertiary/aromatic N) is 4. The van der Waals surface area contributed by atoms with Gasteiger partial charge < -0.3 is 20.0 Å². The van der Waals surface area contributed by atoms with Crippen molar-refractivity contribution in [2.45, 2.75) is 40.3 Å². The van der Waals surface area contributed by atoms with E-state index in [1.807, 2.05) is 59.1 Å². The largest absolute Gasteiger partial charge is 0.494 e. The van der Waals surface area contributed by atoms with E-state index < -0.39 is 12.6 Å². The first kappa shape index (κ1) is 28.3. The molecule has 0 saturated carbocycles. The summed E-state index contributed by atoms with van der Waals surface area (Å²) < 4.78 is 36.0. The summed E-state index contributed by atoms with van der Waals surface area (Å²) in [7, 11) is 3.42. The highest BCUT2D eigenvalue weighted by atomic mass is 127. The molecule has 0 aliphatic carbocycles. The average Bonchev–Trinajstić information content (AvgIpc) is 3.45. The second-order valence-corrected chi connectivity index (χ2v) is 8.97. The van der Waals surface area contributed by atoms with Crippen molar-refractivity contribution in [3.63, 3.8) is 0 Å². The Hall–Kier alpha value is -1.91. The maximum atomic E-state index is 13.6. The number of anilines is 4. The van der Waals surface area contributed by atoms with Gasteiger partial charge in [0.05, 0.1) is 24.7 Å². The summed E-state index contributed by atoms with van der Waals surface area (Å²) >= 11 is 8.27. The number of aromatic nitrogens is 3. The molecule has 0 spiro atoms. The molecule has 1 aromatic carbocycles. The minimum Gasteiger partial charge on any atom is -0.494 e. The van der Waals surface area contributed by atoms with Crippen molar-refractivity contribution in [3.05, 3.63) is 41.8 Å². The standard InChI is InChI=1S/C18H17ClF2IN6OP.2C2H6/c1-27-8-9(7-23-27)10-4-3-5-11(15(10)29-2)24-12-6-13(19)25-17-14(12)26-18(16(20)21)28(17)30-22;2*1-2/h3-8,16,18,26,30H,1-2H3,(H,24,25);2*1-2H3. The van der Waals surface area contributed by atoms with Gasteiger partial charge in [-0.1, -0.05) is 51.4 Å². The van der Waals surface area contributed by atoms with Crippen molar-refractivity contribution >= 4 is 62.9 Å². The maximum absolute atomic E-state index is 13.6. The molecule has 186 valence electrons. The lowest BCUT2D eigenvalue weighted by atomic mass is 10.1. The van der Waals surface area contributed by atoms with Crippen LogP contribution in [-0.2, 0) is 7.05 Å². The number of rotatable bonds is 6. The zero-order valence-corrected chi connectivity index (χ0v) is 23.7. The van der Waals surface area contributed by atoms with E-state index in [9.17, 15) is 8.78 Å². The summed E-state index contributed by atoms with van der Waals surface area (Å²) in [6.07, 6.45) is -0.0467. The molecule has 0 bridgehead atoms. The van der Waals surface area contributed by atoms with Gasteiger partial charge in [-0.2, -0.15) is 5.10 Å². The first-order valence-electron chi connectivity index (χ1n) is 10.8. The van der Waals surface area contributed by atoms with E-state index in [1.165, 1.54) is 4.67 Å². The number of ether oxygens (including phenoxy) is 1. The van der Waals surface area contributed by atoms with Crippen LogP contribution in [-0.4, -0.2) is 34.5 Å². The Labute approximate surface area is 218 Å². The monoisotopic (exact) mass is 624 g/mol. The Kier molecular flexibility index (Phi) is 11.0. The van der Waals surface area contributed by atoms with Crippen molar-refractivity contribution in [1.82, 2.24) is 14.8 Å². The van der Waals surface area contributed by atoms with Gasteiger partial charge >= 0.3 is 0 Å². The molecular formula is C22H29ClF2IN6OP. The lowest BCUT2D eigenvalue weighted by Crippen LogP contribution is -2.35. The van der Waals surface area contributed by atoms with E-state index in [4.69, 9.17) is 16.3 Å². The summed E-state index contributed by atoms with van der Waals surface area (Å²) in [5, 5.41) is 10.6. The minimum absolute atomic E-state index is 0.0693. The summed E-state index contributed by atoms with van der Waals surface area (Å²) in [5.74, 6) is 0.994. The number of halogens is 4. The van der Waals surface area contributed by atoms with Crippen molar-refractivity contribution in [3.8, 4) is 16.9 Å². The highest BCUT2D eigenvalue weighted by Gasteiger charge is 2.38. The van der Waals surface area contributed by atoms with Crippen molar-refractivity contribution in [1.29, 1.82) is 0 Å². The zero-order valence-electron chi connectivity index (χ0n) is 19.8. The van der Waals surface area contributed by atoms with Gasteiger partial charge in [-0.3, -0.25) is 4.68 Å². The third kappa shape index (κ3) is 6.01. The van der Waals surface area contributed by atoms with Crippen LogP contribution in [0.15, 0.2) is 36.7 Å². The van der Waals surface area contributed by atoms with Gasteiger partial charge in [-0.15, -0.1) is 0 Å². The van der Waals surface area contributed by atoms with E-state index >= 15 is 0 Å². The third-order valence-electron chi connectivity index (χ3n) is 4.60. The van der Waals surface area contributed by atoms with Gasteiger partial charge in [-0.25, -0.2) is 13.8 Å². The lowest BCUT2D eigenvalue weighted by Gasteiger charge is -2.22. The maximum Gasteiger partial charge on any atom is 0.277 e. The summed E-state index contributed by atoms with van der Waals surface area (Å²) in [5.41, 5.74) is 3.41. The summed E-state index contributed by atoms with van der Waals surface area (Å²) in [4.78, 5) is 4.27. The van der Waals surface area contributed by atoms with Gasteiger partial charge in [0.2, 0.25) is 0 Å². The van der Waals surface area contributed by atoms with E-state index in [-0.39, 0.29) is 11.5 Å². The fraction of sp³-hybridized carbons (Fsp3) is 0.364. The number of pyridine rings is 1. The number of alkyl halides is 2. The van der Waals surface area contributed by atoms with E-state index in [0.717, 1.165) is 11.1 Å². The zero-order chi connectivity index (χ0) is 25.4. The smallest absolute Gasteiger partial charge is 0.277 e. The van der Waals surface area contributed by atoms with Gasteiger partial charge in [0.1, 0.15) is 16.6 Å². The van der Waals surface area contributed by atoms with E-state index in [0.29, 0.717) is 28.6 Å². The summed E-state index contributed by atoms with van der Waals surface area (Å²) in [6.45, 7) is 8.00. The molecule has 3 heterocycles. The number of para-hydroxylation sites is 1. The SMILES string of the molecule is CC.CC.COc1c(Nc2cc(Cl)nc3c2NC(C(F)F)N3PI)cccc1-c1cnn(C)c1. The lowest BCUT2D eigenvalue weighted by molar-refractivity contribution is 0.130. The molecule has 0 fully saturated rings. The van der Waals surface area contributed by atoms with Crippen LogP contribution < -0.4 is 20.0 Å². The molecule has 2 aromatic heterocycles. The first-order chi connectivity index (χ1) is 16.4. The number of fused-ring (bicyclic) bond motifs is 1. The molecule has 2 atom stereocenters. The molecule has 3 aromatic rings. The average molecular weight is 625 g/mol. The van der Waals surface area contributed by atoms with Crippen molar-refractivity contribution < 1.29 is 13.5 Å². The summed E-state index contributed by atoms with van der Waals surface area (Å²) in [6, 6.07) is 7.25. The molecule has 0 saturated heterocycles. The molecule has 1 aliphatic rings. The Bertz CT molecular complexity index is 1090. The van der Waals surface area contributed by atoms with Gasteiger partial charge in [-0.05, 0) is 28.1 Å².